The highest BCUT2D eigenvalue weighted by Crippen LogP contribution is 2.22. The lowest BCUT2D eigenvalue weighted by atomic mass is 9.85. The number of sulfonamides is 1. The van der Waals surface area contributed by atoms with E-state index in [9.17, 15) is 8.42 Å². The molecule has 0 spiro atoms. The molecule has 0 aromatic carbocycles. The molecule has 1 heterocycles. The van der Waals surface area contributed by atoms with E-state index in [1.54, 1.807) is 6.20 Å². The standard InChI is InChI=1S/C14H23N3O2S/c15-14-7-2-1-5-12(14)11-17-20(18,19)10-8-13-6-3-4-9-16-13/h3-4,6,9,12,14,17H,1-2,5,7-8,10-11,15H2. The predicted octanol–water partition coefficient (Wildman–Crippen LogP) is 1.06. The van der Waals surface area contributed by atoms with Crippen molar-refractivity contribution >= 4 is 10.0 Å². The van der Waals surface area contributed by atoms with Crippen LogP contribution in [0.15, 0.2) is 24.4 Å². The second-order valence-corrected chi connectivity index (χ2v) is 7.37. The Labute approximate surface area is 121 Å². The number of aromatic nitrogens is 1. The first-order chi connectivity index (χ1) is 9.57. The van der Waals surface area contributed by atoms with Gasteiger partial charge in [-0.25, -0.2) is 13.1 Å². The third-order valence-electron chi connectivity index (χ3n) is 3.89. The van der Waals surface area contributed by atoms with Crippen molar-refractivity contribution in [1.82, 2.24) is 9.71 Å². The van der Waals surface area contributed by atoms with Gasteiger partial charge in [-0.2, -0.15) is 0 Å². The fourth-order valence-electron chi connectivity index (χ4n) is 2.58. The third kappa shape index (κ3) is 4.85. The summed E-state index contributed by atoms with van der Waals surface area (Å²) in [6.45, 7) is 0.464. The van der Waals surface area contributed by atoms with Crippen LogP contribution in [0.2, 0.25) is 0 Å². The van der Waals surface area contributed by atoms with E-state index in [0.29, 0.717) is 13.0 Å². The third-order valence-corrected chi connectivity index (χ3v) is 5.23. The van der Waals surface area contributed by atoms with Crippen LogP contribution in [0.4, 0.5) is 0 Å². The first-order valence-corrected chi connectivity index (χ1v) is 8.85. The number of nitrogens with two attached hydrogens (primary N) is 1. The summed E-state index contributed by atoms with van der Waals surface area (Å²) in [6, 6.07) is 5.65. The molecule has 1 aliphatic rings. The van der Waals surface area contributed by atoms with Crippen molar-refractivity contribution < 1.29 is 8.42 Å². The maximum atomic E-state index is 12.0. The number of rotatable bonds is 6. The van der Waals surface area contributed by atoms with Gasteiger partial charge in [0.1, 0.15) is 0 Å². The van der Waals surface area contributed by atoms with Gasteiger partial charge in [-0.05, 0) is 30.9 Å². The summed E-state index contributed by atoms with van der Waals surface area (Å²) in [4.78, 5) is 4.13. The average Bonchev–Trinajstić information content (AvgIpc) is 2.46. The number of pyridine rings is 1. The largest absolute Gasteiger partial charge is 0.327 e. The van der Waals surface area contributed by atoms with E-state index in [0.717, 1.165) is 31.4 Å². The van der Waals surface area contributed by atoms with Gasteiger partial charge in [-0.3, -0.25) is 4.98 Å². The van der Waals surface area contributed by atoms with E-state index in [1.165, 1.54) is 0 Å². The van der Waals surface area contributed by atoms with E-state index in [4.69, 9.17) is 5.73 Å². The Hall–Kier alpha value is -0.980. The number of hydrogen-bond acceptors (Lipinski definition) is 4. The molecule has 2 unspecified atom stereocenters. The summed E-state index contributed by atoms with van der Waals surface area (Å²) in [5.74, 6) is 0.347. The molecule has 1 aromatic rings. The van der Waals surface area contributed by atoms with Crippen LogP contribution in [0.25, 0.3) is 0 Å². The predicted molar refractivity (Wildman–Crippen MR) is 79.7 cm³/mol. The molecule has 0 amide bonds. The highest BCUT2D eigenvalue weighted by Gasteiger charge is 2.23. The maximum absolute atomic E-state index is 12.0. The van der Waals surface area contributed by atoms with Gasteiger partial charge in [-0.15, -0.1) is 0 Å². The molecule has 0 aliphatic heterocycles. The molecule has 0 bridgehead atoms. The Morgan fingerprint density at radius 1 is 1.30 bits per heavy atom. The summed E-state index contributed by atoms with van der Waals surface area (Å²) in [6.07, 6.45) is 6.44. The summed E-state index contributed by atoms with van der Waals surface area (Å²) in [5, 5.41) is 0. The molecular formula is C14H23N3O2S. The average molecular weight is 297 g/mol. The van der Waals surface area contributed by atoms with Crippen molar-refractivity contribution in [3.63, 3.8) is 0 Å². The summed E-state index contributed by atoms with van der Waals surface area (Å²) >= 11 is 0. The van der Waals surface area contributed by atoms with Gasteiger partial charge in [0.05, 0.1) is 5.75 Å². The minimum atomic E-state index is -3.25. The molecule has 1 fully saturated rings. The fraction of sp³-hybridized carbons (Fsp3) is 0.643. The van der Waals surface area contributed by atoms with Crippen LogP contribution in [-0.4, -0.2) is 31.7 Å². The molecule has 2 atom stereocenters. The Morgan fingerprint density at radius 3 is 2.80 bits per heavy atom. The van der Waals surface area contributed by atoms with Gasteiger partial charge in [0.15, 0.2) is 0 Å². The normalized spacial score (nSPS) is 23.6. The SMILES string of the molecule is NC1CCCCC1CNS(=O)(=O)CCc1ccccn1. The van der Waals surface area contributed by atoms with E-state index in [2.05, 4.69) is 9.71 Å². The number of nitrogens with one attached hydrogen (secondary N) is 1. The van der Waals surface area contributed by atoms with Crippen LogP contribution in [0.1, 0.15) is 31.4 Å². The summed E-state index contributed by atoms with van der Waals surface area (Å²) < 4.78 is 26.6. The lowest BCUT2D eigenvalue weighted by Crippen LogP contribution is -2.41. The van der Waals surface area contributed by atoms with Gasteiger partial charge in [0.25, 0.3) is 0 Å². The molecule has 0 saturated heterocycles. The van der Waals surface area contributed by atoms with Crippen molar-refractivity contribution in [2.75, 3.05) is 12.3 Å². The summed E-state index contributed by atoms with van der Waals surface area (Å²) in [7, 11) is -3.25. The minimum absolute atomic E-state index is 0.0754. The Balaban J connectivity index is 1.79. The van der Waals surface area contributed by atoms with E-state index in [1.807, 2.05) is 18.2 Å². The Bertz CT molecular complexity index is 504. The number of hydrogen-bond donors (Lipinski definition) is 2. The van der Waals surface area contributed by atoms with Crippen molar-refractivity contribution in [1.29, 1.82) is 0 Å². The topological polar surface area (TPSA) is 85.1 Å². The van der Waals surface area contributed by atoms with Gasteiger partial charge in [-0.1, -0.05) is 18.9 Å². The minimum Gasteiger partial charge on any atom is -0.327 e. The molecule has 6 heteroatoms. The van der Waals surface area contributed by atoms with Gasteiger partial charge < -0.3 is 5.73 Å². The molecular weight excluding hydrogens is 274 g/mol. The van der Waals surface area contributed by atoms with E-state index >= 15 is 0 Å². The number of aryl methyl sites for hydroxylation is 1. The van der Waals surface area contributed by atoms with Crippen molar-refractivity contribution in [3.8, 4) is 0 Å². The Morgan fingerprint density at radius 2 is 2.10 bits per heavy atom. The smallest absolute Gasteiger partial charge is 0.211 e. The van der Waals surface area contributed by atoms with Crippen LogP contribution >= 0.6 is 0 Å². The maximum Gasteiger partial charge on any atom is 0.211 e. The molecule has 1 saturated carbocycles. The van der Waals surface area contributed by atoms with Crippen LogP contribution in [0, 0.1) is 5.92 Å². The zero-order chi connectivity index (χ0) is 14.4. The van der Waals surface area contributed by atoms with E-state index < -0.39 is 10.0 Å². The lowest BCUT2D eigenvalue weighted by Gasteiger charge is -2.28. The zero-order valence-electron chi connectivity index (χ0n) is 11.7. The number of nitrogens with zero attached hydrogens (tertiary/aromatic N) is 1. The fourth-order valence-corrected chi connectivity index (χ4v) is 3.67. The lowest BCUT2D eigenvalue weighted by molar-refractivity contribution is 0.308. The zero-order valence-corrected chi connectivity index (χ0v) is 12.5. The summed E-state index contributed by atoms with van der Waals surface area (Å²) in [5.41, 5.74) is 6.83. The Kier molecular flexibility index (Phi) is 5.51. The van der Waals surface area contributed by atoms with Crippen molar-refractivity contribution in [3.05, 3.63) is 30.1 Å². The van der Waals surface area contributed by atoms with Gasteiger partial charge in [0, 0.05) is 30.9 Å². The van der Waals surface area contributed by atoms with Crippen molar-refractivity contribution in [2.24, 2.45) is 11.7 Å². The molecule has 2 rings (SSSR count). The molecule has 5 nitrogen and oxygen atoms in total. The molecule has 0 radical (unpaired) electrons. The second-order valence-electron chi connectivity index (χ2n) is 5.45. The van der Waals surface area contributed by atoms with Crippen LogP contribution < -0.4 is 10.5 Å². The quantitative estimate of drug-likeness (QED) is 0.822. The first kappa shape index (κ1) is 15.4. The van der Waals surface area contributed by atoms with Crippen LogP contribution in [-0.2, 0) is 16.4 Å². The highest BCUT2D eigenvalue weighted by atomic mass is 32.2. The van der Waals surface area contributed by atoms with Crippen LogP contribution in [0.5, 0.6) is 0 Å². The molecule has 1 aromatic heterocycles. The second kappa shape index (κ2) is 7.15. The first-order valence-electron chi connectivity index (χ1n) is 7.20. The van der Waals surface area contributed by atoms with Gasteiger partial charge >= 0.3 is 0 Å². The van der Waals surface area contributed by atoms with Crippen LogP contribution in [0.3, 0.4) is 0 Å². The molecule has 1 aliphatic carbocycles. The van der Waals surface area contributed by atoms with Crippen molar-refractivity contribution in [2.45, 2.75) is 38.1 Å². The molecule has 112 valence electrons. The molecule has 20 heavy (non-hydrogen) atoms. The van der Waals surface area contributed by atoms with E-state index in [-0.39, 0.29) is 17.7 Å². The highest BCUT2D eigenvalue weighted by molar-refractivity contribution is 7.89. The van der Waals surface area contributed by atoms with Gasteiger partial charge in [0.2, 0.25) is 10.0 Å². The monoisotopic (exact) mass is 297 g/mol. The molecule has 3 N–H and O–H groups in total.